The molecule has 0 rings (SSSR count). The second-order valence-corrected chi connectivity index (χ2v) is 9.19. The molecule has 0 aliphatic carbocycles. The van der Waals surface area contributed by atoms with Gasteiger partial charge >= 0.3 is 68.6 Å². The van der Waals surface area contributed by atoms with Gasteiger partial charge in [0, 0.05) is 0 Å². The molecule has 0 aromatic heterocycles. The SMILES string of the molecule is CCOP(S)(=[Se])OCC. The van der Waals surface area contributed by atoms with Crippen molar-refractivity contribution in [1.82, 2.24) is 0 Å². The Balaban J connectivity index is 3.58. The maximum absolute atomic E-state index is 5.17. The summed E-state index contributed by atoms with van der Waals surface area (Å²) < 4.78 is 10.3. The van der Waals surface area contributed by atoms with Gasteiger partial charge in [0.25, 0.3) is 0 Å². The fourth-order valence-electron chi connectivity index (χ4n) is 0.364. The minimum atomic E-state index is -1.87. The summed E-state index contributed by atoms with van der Waals surface area (Å²) in [5.74, 6) is 0. The molecule has 0 fully saturated rings. The van der Waals surface area contributed by atoms with Crippen molar-refractivity contribution in [2.45, 2.75) is 13.8 Å². The van der Waals surface area contributed by atoms with E-state index in [2.05, 4.69) is 27.3 Å². The predicted molar refractivity (Wildman–Crippen MR) is 44.9 cm³/mol. The summed E-state index contributed by atoms with van der Waals surface area (Å²) in [7, 11) is 0. The van der Waals surface area contributed by atoms with E-state index in [0.717, 1.165) is 0 Å². The summed E-state index contributed by atoms with van der Waals surface area (Å²) in [6, 6.07) is 0. The zero-order valence-corrected chi connectivity index (χ0v) is 9.04. The molecule has 2 nitrogen and oxygen atoms in total. The van der Waals surface area contributed by atoms with Gasteiger partial charge in [0.1, 0.15) is 0 Å². The molecular weight excluding hydrogens is 222 g/mol. The molecule has 0 atom stereocenters. The molecule has 0 radical (unpaired) electrons. The molecule has 0 saturated carbocycles. The first-order chi connectivity index (χ1) is 4.12. The quantitative estimate of drug-likeness (QED) is 0.453. The van der Waals surface area contributed by atoms with Crippen LogP contribution < -0.4 is 0 Å². The summed E-state index contributed by atoms with van der Waals surface area (Å²) >= 11 is 6.94. The standard InChI is InChI=1S/C4H11O2PSSe/c1-3-5-7(8,9)6-4-2/h3-4H2,1-2H3,(H,8,9). The van der Waals surface area contributed by atoms with Crippen molar-refractivity contribution in [3.05, 3.63) is 0 Å². The second kappa shape index (κ2) is 4.95. The van der Waals surface area contributed by atoms with Crippen LogP contribution in [-0.2, 0) is 9.05 Å². The van der Waals surface area contributed by atoms with Crippen molar-refractivity contribution in [1.29, 1.82) is 0 Å². The Hall–Kier alpha value is 1.22. The number of hydrogen-bond acceptors (Lipinski definition) is 3. The number of hydrogen-bond donors (Lipinski definition) is 1. The van der Waals surface area contributed by atoms with E-state index in [-0.39, 0.29) is 0 Å². The molecule has 5 heteroatoms. The van der Waals surface area contributed by atoms with Crippen LogP contribution in [0.4, 0.5) is 0 Å². The zero-order chi connectivity index (χ0) is 7.33. The van der Waals surface area contributed by atoms with E-state index < -0.39 is 5.16 Å². The van der Waals surface area contributed by atoms with Gasteiger partial charge in [-0.3, -0.25) is 0 Å². The van der Waals surface area contributed by atoms with Crippen molar-refractivity contribution in [3.63, 3.8) is 0 Å². The van der Waals surface area contributed by atoms with Gasteiger partial charge in [-0.1, -0.05) is 0 Å². The summed E-state index contributed by atoms with van der Waals surface area (Å²) in [6.07, 6.45) is 0. The molecule has 9 heavy (non-hydrogen) atoms. The molecule has 0 heterocycles. The van der Waals surface area contributed by atoms with Crippen LogP contribution in [0.15, 0.2) is 0 Å². The topological polar surface area (TPSA) is 18.5 Å². The van der Waals surface area contributed by atoms with Crippen molar-refractivity contribution in [2.75, 3.05) is 13.2 Å². The first-order valence-corrected chi connectivity index (χ1v) is 7.73. The van der Waals surface area contributed by atoms with Gasteiger partial charge in [0.2, 0.25) is 0 Å². The van der Waals surface area contributed by atoms with E-state index in [1.54, 1.807) is 0 Å². The van der Waals surface area contributed by atoms with Crippen molar-refractivity contribution in [2.24, 2.45) is 0 Å². The van der Waals surface area contributed by atoms with Crippen LogP contribution in [0.3, 0.4) is 0 Å². The summed E-state index contributed by atoms with van der Waals surface area (Å²) in [5.41, 5.74) is 0. The van der Waals surface area contributed by atoms with Gasteiger partial charge in [0.05, 0.1) is 0 Å². The third-order valence-electron chi connectivity index (χ3n) is 0.584. The molecule has 0 amide bonds. The first kappa shape index (κ1) is 10.2. The molecule has 0 aliphatic rings. The molecule has 0 spiro atoms. The summed E-state index contributed by atoms with van der Waals surface area (Å²) in [4.78, 5) is 0. The van der Waals surface area contributed by atoms with E-state index >= 15 is 0 Å². The number of thiol groups is 1. The Morgan fingerprint density at radius 2 is 1.67 bits per heavy atom. The normalized spacial score (nSPS) is 11.9. The van der Waals surface area contributed by atoms with Crippen molar-refractivity contribution < 1.29 is 9.05 Å². The van der Waals surface area contributed by atoms with E-state index in [1.165, 1.54) is 0 Å². The van der Waals surface area contributed by atoms with E-state index in [0.29, 0.717) is 13.2 Å². The molecule has 0 aliphatic heterocycles. The van der Waals surface area contributed by atoms with E-state index in [9.17, 15) is 0 Å². The second-order valence-electron chi connectivity index (χ2n) is 1.30. The van der Waals surface area contributed by atoms with Gasteiger partial charge in [-0.05, 0) is 0 Å². The average molecular weight is 233 g/mol. The molecular formula is C4H11O2PSSe. The molecule has 0 unspecified atom stereocenters. The van der Waals surface area contributed by atoms with Crippen LogP contribution in [0.5, 0.6) is 0 Å². The minimum absolute atomic E-state index is 0.643. The Bertz CT molecular complexity index is 109. The van der Waals surface area contributed by atoms with Crippen LogP contribution in [0.2, 0.25) is 0 Å². The predicted octanol–water partition coefficient (Wildman–Crippen LogP) is 1.84. The molecule has 0 saturated heterocycles. The Morgan fingerprint density at radius 1 is 1.33 bits per heavy atom. The van der Waals surface area contributed by atoms with Crippen LogP contribution in [0, 0.1) is 0 Å². The Morgan fingerprint density at radius 3 is 1.89 bits per heavy atom. The maximum atomic E-state index is 5.17. The van der Waals surface area contributed by atoms with Gasteiger partial charge in [-0.15, -0.1) is 0 Å². The van der Waals surface area contributed by atoms with Crippen molar-refractivity contribution >= 4 is 32.5 Å². The molecule has 0 bridgehead atoms. The molecule has 56 valence electrons. The summed E-state index contributed by atoms with van der Waals surface area (Å²) in [5, 5.41) is -1.87. The van der Waals surface area contributed by atoms with E-state index in [1.807, 2.05) is 13.8 Å². The molecule has 0 aromatic rings. The molecule has 0 N–H and O–H groups in total. The van der Waals surface area contributed by atoms with Crippen LogP contribution in [0.1, 0.15) is 13.8 Å². The van der Waals surface area contributed by atoms with Gasteiger partial charge < -0.3 is 0 Å². The van der Waals surface area contributed by atoms with Gasteiger partial charge in [0.15, 0.2) is 0 Å². The van der Waals surface area contributed by atoms with Gasteiger partial charge in [-0.25, -0.2) is 0 Å². The van der Waals surface area contributed by atoms with Crippen LogP contribution in [-0.4, -0.2) is 28.3 Å². The van der Waals surface area contributed by atoms with Crippen LogP contribution in [0.25, 0.3) is 0 Å². The Kier molecular flexibility index (Phi) is 5.62. The van der Waals surface area contributed by atoms with Crippen molar-refractivity contribution in [3.8, 4) is 0 Å². The first-order valence-electron chi connectivity index (χ1n) is 2.74. The zero-order valence-electron chi connectivity index (χ0n) is 5.53. The van der Waals surface area contributed by atoms with E-state index in [4.69, 9.17) is 9.05 Å². The fraction of sp³-hybridized carbons (Fsp3) is 1.00. The third-order valence-corrected chi connectivity index (χ3v) is 3.77. The third kappa shape index (κ3) is 5.65. The Labute approximate surface area is 68.8 Å². The average Bonchev–Trinajstić information content (AvgIpc) is 1.64. The number of rotatable bonds is 4. The summed E-state index contributed by atoms with van der Waals surface area (Å²) in [6.45, 7) is 5.12. The fourth-order valence-corrected chi connectivity index (χ4v) is 3.11. The molecule has 0 aromatic carbocycles. The van der Waals surface area contributed by atoms with Gasteiger partial charge in [-0.2, -0.15) is 0 Å². The monoisotopic (exact) mass is 234 g/mol. The van der Waals surface area contributed by atoms with Crippen LogP contribution >= 0.6 is 17.4 Å².